The predicted molar refractivity (Wildman–Crippen MR) is 80.6 cm³/mol. The van der Waals surface area contributed by atoms with E-state index in [1.54, 1.807) is 25.3 Å². The highest BCUT2D eigenvalue weighted by molar-refractivity contribution is 5.90. The summed E-state index contributed by atoms with van der Waals surface area (Å²) in [5.41, 5.74) is 2.33. The Labute approximate surface area is 116 Å². The van der Waals surface area contributed by atoms with E-state index in [9.17, 15) is 4.79 Å². The van der Waals surface area contributed by atoms with Gasteiger partial charge in [-0.2, -0.15) is 0 Å². The van der Waals surface area contributed by atoms with Crippen LogP contribution in [0.5, 0.6) is 5.75 Å². The van der Waals surface area contributed by atoms with E-state index in [1.165, 1.54) is 0 Å². The summed E-state index contributed by atoms with van der Waals surface area (Å²) in [5.74, 6) is 1.03. The molecule has 0 saturated carbocycles. The third-order valence-electron chi connectivity index (χ3n) is 3.57. The third-order valence-corrected chi connectivity index (χ3v) is 3.57. The Balaban J connectivity index is 2.39. The van der Waals surface area contributed by atoms with E-state index in [-0.39, 0.29) is 5.43 Å². The minimum atomic E-state index is -0.0114. The molecule has 3 heteroatoms. The number of rotatable bonds is 2. The van der Waals surface area contributed by atoms with Crippen LogP contribution in [0.2, 0.25) is 0 Å². The highest BCUT2D eigenvalue weighted by Crippen LogP contribution is 2.25. The van der Waals surface area contributed by atoms with Crippen molar-refractivity contribution in [2.24, 2.45) is 0 Å². The molecule has 0 radical (unpaired) electrons. The van der Waals surface area contributed by atoms with Crippen LogP contribution in [-0.4, -0.2) is 7.11 Å². The van der Waals surface area contributed by atoms with Gasteiger partial charge in [0.15, 0.2) is 0 Å². The molecule has 0 aliphatic carbocycles. The quantitative estimate of drug-likeness (QED) is 0.657. The fourth-order valence-electron chi connectivity index (χ4n) is 2.34. The Bertz CT molecular complexity index is 844. The normalized spacial score (nSPS) is 11.4. The van der Waals surface area contributed by atoms with Crippen molar-refractivity contribution < 1.29 is 9.15 Å². The Kier molecular flexibility index (Phi) is 2.97. The van der Waals surface area contributed by atoms with Crippen LogP contribution in [0.3, 0.4) is 0 Å². The van der Waals surface area contributed by atoms with Crippen LogP contribution in [0.25, 0.3) is 21.9 Å². The topological polar surface area (TPSA) is 39.4 Å². The maximum absolute atomic E-state index is 12.6. The van der Waals surface area contributed by atoms with Crippen LogP contribution in [0.4, 0.5) is 0 Å². The lowest BCUT2D eigenvalue weighted by molar-refractivity contribution is 0.415. The molecule has 20 heavy (non-hydrogen) atoms. The van der Waals surface area contributed by atoms with Crippen molar-refractivity contribution in [2.45, 2.75) is 19.8 Å². The fourth-order valence-corrected chi connectivity index (χ4v) is 2.34. The zero-order chi connectivity index (χ0) is 14.3. The van der Waals surface area contributed by atoms with Gasteiger partial charge in [-0.3, -0.25) is 4.79 Å². The molecule has 0 N–H and O–H groups in total. The average molecular weight is 268 g/mol. The monoisotopic (exact) mass is 268 g/mol. The molecule has 0 fully saturated rings. The lowest BCUT2D eigenvalue weighted by atomic mass is 10.0. The summed E-state index contributed by atoms with van der Waals surface area (Å²) in [4.78, 5) is 12.6. The first-order valence-corrected chi connectivity index (χ1v) is 6.64. The molecule has 0 bridgehead atoms. The molecule has 102 valence electrons. The molecule has 3 rings (SSSR count). The minimum absolute atomic E-state index is 0.0114. The van der Waals surface area contributed by atoms with E-state index in [1.807, 2.05) is 18.2 Å². The summed E-state index contributed by atoms with van der Waals surface area (Å²) in [7, 11) is 1.58. The molecule has 0 unspecified atom stereocenters. The number of ether oxygens (including phenoxy) is 1. The molecule has 0 aliphatic heterocycles. The molecule has 1 heterocycles. The Morgan fingerprint density at radius 3 is 2.30 bits per heavy atom. The number of methoxy groups -OCH3 is 1. The van der Waals surface area contributed by atoms with Crippen molar-refractivity contribution in [1.82, 2.24) is 0 Å². The molecule has 0 atom stereocenters. The zero-order valence-electron chi connectivity index (χ0n) is 11.8. The fraction of sp³-hybridized carbons (Fsp3) is 0.235. The first-order chi connectivity index (χ1) is 9.60. The van der Waals surface area contributed by atoms with Gasteiger partial charge in [-0.25, -0.2) is 0 Å². The minimum Gasteiger partial charge on any atom is -0.497 e. The molecule has 0 saturated heterocycles. The molecule has 1 aromatic heterocycles. The maximum atomic E-state index is 12.6. The Morgan fingerprint density at radius 2 is 1.65 bits per heavy atom. The summed E-state index contributed by atoms with van der Waals surface area (Å²) in [5, 5.41) is 1.18. The first-order valence-electron chi connectivity index (χ1n) is 6.64. The second-order valence-electron chi connectivity index (χ2n) is 5.20. The van der Waals surface area contributed by atoms with Crippen LogP contribution in [0.1, 0.15) is 25.3 Å². The second kappa shape index (κ2) is 4.67. The summed E-state index contributed by atoms with van der Waals surface area (Å²) in [6.45, 7) is 4.21. The van der Waals surface area contributed by atoms with Crippen molar-refractivity contribution in [3.8, 4) is 5.75 Å². The van der Waals surface area contributed by atoms with E-state index in [0.29, 0.717) is 33.6 Å². The predicted octanol–water partition coefficient (Wildman–Crippen LogP) is 4.08. The standard InChI is InChI=1S/C17H16O3/c1-10(2)11-4-6-15-13(8-11)17(18)14-9-12(19-3)5-7-16(14)20-15/h4-10H,1-3H3. The van der Waals surface area contributed by atoms with Crippen molar-refractivity contribution in [3.05, 3.63) is 52.2 Å². The van der Waals surface area contributed by atoms with Crippen LogP contribution in [0.15, 0.2) is 45.6 Å². The first kappa shape index (κ1) is 12.7. The zero-order valence-corrected chi connectivity index (χ0v) is 11.8. The molecule has 0 amide bonds. The Hall–Kier alpha value is -2.29. The van der Waals surface area contributed by atoms with Gasteiger partial charge in [-0.05, 0) is 41.8 Å². The summed E-state index contributed by atoms with van der Waals surface area (Å²) >= 11 is 0. The van der Waals surface area contributed by atoms with E-state index >= 15 is 0 Å². The van der Waals surface area contributed by atoms with Crippen molar-refractivity contribution in [3.63, 3.8) is 0 Å². The van der Waals surface area contributed by atoms with Crippen molar-refractivity contribution >= 4 is 21.9 Å². The largest absolute Gasteiger partial charge is 0.497 e. The van der Waals surface area contributed by atoms with Crippen molar-refractivity contribution in [2.75, 3.05) is 7.11 Å². The molecule has 3 aromatic rings. The van der Waals surface area contributed by atoms with Gasteiger partial charge in [0, 0.05) is 0 Å². The van der Waals surface area contributed by atoms with Gasteiger partial charge < -0.3 is 9.15 Å². The highest BCUT2D eigenvalue weighted by atomic mass is 16.5. The number of benzene rings is 2. The number of hydrogen-bond acceptors (Lipinski definition) is 3. The smallest absolute Gasteiger partial charge is 0.200 e. The summed E-state index contributed by atoms with van der Waals surface area (Å²) < 4.78 is 11.0. The van der Waals surface area contributed by atoms with Crippen LogP contribution < -0.4 is 10.2 Å². The number of fused-ring (bicyclic) bond motifs is 2. The van der Waals surface area contributed by atoms with Gasteiger partial charge in [0.25, 0.3) is 0 Å². The van der Waals surface area contributed by atoms with Gasteiger partial charge >= 0.3 is 0 Å². The van der Waals surface area contributed by atoms with Gasteiger partial charge in [-0.1, -0.05) is 19.9 Å². The van der Waals surface area contributed by atoms with E-state index in [2.05, 4.69) is 13.8 Å². The number of hydrogen-bond donors (Lipinski definition) is 0. The van der Waals surface area contributed by atoms with E-state index in [4.69, 9.17) is 9.15 Å². The summed E-state index contributed by atoms with van der Waals surface area (Å²) in [6.07, 6.45) is 0. The lowest BCUT2D eigenvalue weighted by Crippen LogP contribution is -2.03. The third kappa shape index (κ3) is 1.95. The van der Waals surface area contributed by atoms with Gasteiger partial charge in [0.1, 0.15) is 16.9 Å². The maximum Gasteiger partial charge on any atom is 0.200 e. The Morgan fingerprint density at radius 1 is 1.00 bits per heavy atom. The molecule has 0 spiro atoms. The van der Waals surface area contributed by atoms with E-state index in [0.717, 1.165) is 5.56 Å². The van der Waals surface area contributed by atoms with Crippen LogP contribution in [-0.2, 0) is 0 Å². The molecular formula is C17H16O3. The second-order valence-corrected chi connectivity index (χ2v) is 5.20. The highest BCUT2D eigenvalue weighted by Gasteiger charge is 2.10. The van der Waals surface area contributed by atoms with Gasteiger partial charge in [0.05, 0.1) is 17.9 Å². The van der Waals surface area contributed by atoms with Crippen LogP contribution in [0, 0.1) is 0 Å². The van der Waals surface area contributed by atoms with Gasteiger partial charge in [0.2, 0.25) is 5.43 Å². The van der Waals surface area contributed by atoms with Crippen LogP contribution >= 0.6 is 0 Å². The molecule has 3 nitrogen and oxygen atoms in total. The van der Waals surface area contributed by atoms with Crippen molar-refractivity contribution in [1.29, 1.82) is 0 Å². The molecule has 0 aliphatic rings. The average Bonchev–Trinajstić information content (AvgIpc) is 2.47. The molecular weight excluding hydrogens is 252 g/mol. The SMILES string of the molecule is COc1ccc2oc3ccc(C(C)C)cc3c(=O)c2c1. The lowest BCUT2D eigenvalue weighted by Gasteiger charge is -2.07. The van der Waals surface area contributed by atoms with E-state index < -0.39 is 0 Å². The van der Waals surface area contributed by atoms with Gasteiger partial charge in [-0.15, -0.1) is 0 Å². The summed E-state index contributed by atoms with van der Waals surface area (Å²) in [6, 6.07) is 11.1. The molecule has 2 aromatic carbocycles.